The van der Waals surface area contributed by atoms with Gasteiger partial charge in [0.25, 0.3) is 0 Å². The number of carbonyl (C=O) groups is 1. The number of rotatable bonds is 1. The maximum Gasteiger partial charge on any atom is 0.231 e. The monoisotopic (exact) mass is 196 g/mol. The van der Waals surface area contributed by atoms with Crippen molar-refractivity contribution in [3.05, 3.63) is 18.2 Å². The molecule has 0 bridgehead atoms. The van der Waals surface area contributed by atoms with E-state index < -0.39 is 0 Å². The van der Waals surface area contributed by atoms with Crippen LogP contribution < -0.4 is 9.47 Å². The second kappa shape index (κ2) is 3.30. The van der Waals surface area contributed by atoms with Crippen molar-refractivity contribution >= 4 is 16.9 Å². The Kier molecular flexibility index (Phi) is 2.14. The lowest BCUT2D eigenvalue weighted by atomic mass is 10.3. The number of thioether (sulfide) groups is 1. The quantitative estimate of drug-likeness (QED) is 0.644. The van der Waals surface area contributed by atoms with Crippen molar-refractivity contribution in [3.63, 3.8) is 0 Å². The van der Waals surface area contributed by atoms with Gasteiger partial charge in [0.1, 0.15) is 0 Å². The number of fused-ring (bicyclic) bond motifs is 1. The Morgan fingerprint density at radius 3 is 2.92 bits per heavy atom. The van der Waals surface area contributed by atoms with Crippen LogP contribution in [-0.4, -0.2) is 11.9 Å². The first kappa shape index (κ1) is 8.44. The molecule has 13 heavy (non-hydrogen) atoms. The Morgan fingerprint density at radius 2 is 2.15 bits per heavy atom. The Morgan fingerprint density at radius 1 is 1.38 bits per heavy atom. The van der Waals surface area contributed by atoms with E-state index >= 15 is 0 Å². The topological polar surface area (TPSA) is 35.5 Å². The van der Waals surface area contributed by atoms with E-state index in [9.17, 15) is 4.79 Å². The van der Waals surface area contributed by atoms with Crippen LogP contribution in [0.3, 0.4) is 0 Å². The van der Waals surface area contributed by atoms with E-state index in [1.54, 1.807) is 0 Å². The maximum absolute atomic E-state index is 10.8. The van der Waals surface area contributed by atoms with Crippen LogP contribution in [0, 0.1) is 0 Å². The first-order valence-corrected chi connectivity index (χ1v) is 4.65. The van der Waals surface area contributed by atoms with Crippen molar-refractivity contribution < 1.29 is 14.3 Å². The molecule has 0 N–H and O–H groups in total. The van der Waals surface area contributed by atoms with Crippen molar-refractivity contribution in [1.82, 2.24) is 0 Å². The van der Waals surface area contributed by atoms with Gasteiger partial charge in [-0.2, -0.15) is 0 Å². The number of hydrogen-bond acceptors (Lipinski definition) is 4. The fourth-order valence-electron chi connectivity index (χ4n) is 1.11. The SMILES string of the molecule is CC(=O)Sc1ccc2c(c1)OCO2. The molecule has 68 valence electrons. The number of hydrogen-bond donors (Lipinski definition) is 0. The van der Waals surface area contributed by atoms with Gasteiger partial charge >= 0.3 is 0 Å². The maximum atomic E-state index is 10.8. The summed E-state index contributed by atoms with van der Waals surface area (Å²) >= 11 is 1.19. The summed E-state index contributed by atoms with van der Waals surface area (Å²) in [6.07, 6.45) is 0. The van der Waals surface area contributed by atoms with Crippen molar-refractivity contribution in [3.8, 4) is 11.5 Å². The summed E-state index contributed by atoms with van der Waals surface area (Å²) in [5.74, 6) is 1.46. The first-order valence-electron chi connectivity index (χ1n) is 3.84. The third-order valence-electron chi connectivity index (χ3n) is 1.61. The lowest BCUT2D eigenvalue weighted by Gasteiger charge is -1.98. The molecule has 4 heteroatoms. The molecule has 1 aliphatic heterocycles. The van der Waals surface area contributed by atoms with Crippen LogP contribution in [0.1, 0.15) is 6.92 Å². The van der Waals surface area contributed by atoms with Crippen LogP contribution in [0.25, 0.3) is 0 Å². The molecule has 0 unspecified atom stereocenters. The zero-order valence-electron chi connectivity index (χ0n) is 7.07. The Labute approximate surface area is 80.0 Å². The second-order valence-corrected chi connectivity index (χ2v) is 3.86. The predicted molar refractivity (Wildman–Crippen MR) is 49.1 cm³/mol. The number of carbonyl (C=O) groups excluding carboxylic acids is 1. The molecule has 0 spiro atoms. The van der Waals surface area contributed by atoms with Gasteiger partial charge in [-0.1, -0.05) is 11.8 Å². The summed E-state index contributed by atoms with van der Waals surface area (Å²) in [6, 6.07) is 5.47. The Hall–Kier alpha value is -1.16. The Balaban J connectivity index is 2.25. The smallest absolute Gasteiger partial charge is 0.231 e. The van der Waals surface area contributed by atoms with Gasteiger partial charge in [-0.15, -0.1) is 0 Å². The van der Waals surface area contributed by atoms with Crippen LogP contribution in [0.4, 0.5) is 0 Å². The van der Waals surface area contributed by atoms with Crippen LogP contribution in [0.2, 0.25) is 0 Å². The van der Waals surface area contributed by atoms with Gasteiger partial charge < -0.3 is 9.47 Å². The van der Waals surface area contributed by atoms with Gasteiger partial charge in [0.15, 0.2) is 16.6 Å². The highest BCUT2D eigenvalue weighted by Crippen LogP contribution is 2.35. The van der Waals surface area contributed by atoms with Gasteiger partial charge in [0.2, 0.25) is 6.79 Å². The normalized spacial score (nSPS) is 13.0. The third-order valence-corrected chi connectivity index (χ3v) is 2.38. The molecule has 0 radical (unpaired) electrons. The standard InChI is InChI=1S/C9H8O3S/c1-6(10)13-7-2-3-8-9(4-7)12-5-11-8/h2-4H,5H2,1H3. The average Bonchev–Trinajstić information content (AvgIpc) is 2.49. The predicted octanol–water partition coefficient (Wildman–Crippen LogP) is 2.05. The van der Waals surface area contributed by atoms with Crippen molar-refractivity contribution in [2.75, 3.05) is 6.79 Å². The van der Waals surface area contributed by atoms with E-state index in [1.165, 1.54) is 18.7 Å². The fourth-order valence-corrected chi connectivity index (χ4v) is 1.74. The summed E-state index contributed by atoms with van der Waals surface area (Å²) in [5.41, 5.74) is 0. The van der Waals surface area contributed by atoms with E-state index in [-0.39, 0.29) is 11.9 Å². The highest BCUT2D eigenvalue weighted by atomic mass is 32.2. The zero-order valence-corrected chi connectivity index (χ0v) is 7.89. The highest BCUT2D eigenvalue weighted by Gasteiger charge is 2.13. The van der Waals surface area contributed by atoms with Crippen LogP contribution in [0.5, 0.6) is 11.5 Å². The molecular formula is C9H8O3S. The lowest BCUT2D eigenvalue weighted by molar-refractivity contribution is -0.109. The molecule has 1 aromatic rings. The largest absolute Gasteiger partial charge is 0.454 e. The minimum Gasteiger partial charge on any atom is -0.454 e. The van der Waals surface area contributed by atoms with Gasteiger partial charge in [0.05, 0.1) is 0 Å². The molecule has 1 aromatic carbocycles. The molecule has 0 aliphatic carbocycles. The summed E-state index contributed by atoms with van der Waals surface area (Å²) < 4.78 is 10.3. The van der Waals surface area contributed by atoms with Crippen LogP contribution in [-0.2, 0) is 4.79 Å². The fraction of sp³-hybridized carbons (Fsp3) is 0.222. The number of benzene rings is 1. The molecular weight excluding hydrogens is 188 g/mol. The van der Waals surface area contributed by atoms with E-state index in [4.69, 9.17) is 9.47 Å². The van der Waals surface area contributed by atoms with E-state index in [1.807, 2.05) is 18.2 Å². The van der Waals surface area contributed by atoms with E-state index in [0.29, 0.717) is 5.75 Å². The van der Waals surface area contributed by atoms with E-state index in [2.05, 4.69) is 0 Å². The van der Waals surface area contributed by atoms with Crippen molar-refractivity contribution in [2.45, 2.75) is 11.8 Å². The Bertz CT molecular complexity index is 349. The molecule has 0 fully saturated rings. The molecule has 0 saturated carbocycles. The first-order chi connectivity index (χ1) is 6.25. The van der Waals surface area contributed by atoms with E-state index in [0.717, 1.165) is 10.6 Å². The van der Waals surface area contributed by atoms with Gasteiger partial charge in [-0.25, -0.2) is 0 Å². The average molecular weight is 196 g/mol. The second-order valence-electron chi connectivity index (χ2n) is 2.61. The lowest BCUT2D eigenvalue weighted by Crippen LogP contribution is -1.92. The molecule has 2 rings (SSSR count). The molecule has 0 saturated heterocycles. The minimum atomic E-state index is 0.0684. The summed E-state index contributed by atoms with van der Waals surface area (Å²) in [5, 5.41) is 0.0684. The molecule has 1 heterocycles. The minimum absolute atomic E-state index is 0.0684. The van der Waals surface area contributed by atoms with Gasteiger partial charge in [0, 0.05) is 11.8 Å². The van der Waals surface area contributed by atoms with Gasteiger partial charge in [-0.3, -0.25) is 4.79 Å². The van der Waals surface area contributed by atoms with Crippen molar-refractivity contribution in [1.29, 1.82) is 0 Å². The molecule has 0 atom stereocenters. The van der Waals surface area contributed by atoms with Crippen LogP contribution >= 0.6 is 11.8 Å². The van der Waals surface area contributed by atoms with Crippen LogP contribution in [0.15, 0.2) is 23.1 Å². The summed E-state index contributed by atoms with van der Waals surface area (Å²) in [4.78, 5) is 11.7. The zero-order chi connectivity index (χ0) is 9.26. The molecule has 0 aromatic heterocycles. The van der Waals surface area contributed by atoms with Crippen molar-refractivity contribution in [2.24, 2.45) is 0 Å². The molecule has 3 nitrogen and oxygen atoms in total. The molecule has 1 aliphatic rings. The number of ether oxygens (including phenoxy) is 2. The van der Waals surface area contributed by atoms with Gasteiger partial charge in [-0.05, 0) is 18.2 Å². The molecule has 0 amide bonds. The highest BCUT2D eigenvalue weighted by molar-refractivity contribution is 8.13. The third kappa shape index (κ3) is 1.78. The summed E-state index contributed by atoms with van der Waals surface area (Å²) in [7, 11) is 0. The summed E-state index contributed by atoms with van der Waals surface area (Å²) in [6.45, 7) is 1.80.